The van der Waals surface area contributed by atoms with Gasteiger partial charge in [0.25, 0.3) is 16.8 Å². The molecule has 0 N–H and O–H groups in total. The van der Waals surface area contributed by atoms with Gasteiger partial charge in [0, 0.05) is 12.1 Å². The Morgan fingerprint density at radius 1 is 0.906 bits per heavy atom. The molecule has 1 heterocycles. The van der Waals surface area contributed by atoms with Gasteiger partial charge in [-0.2, -0.15) is 0 Å². The number of nitro groups is 1. The predicted molar refractivity (Wildman–Crippen MR) is 122 cm³/mol. The number of rotatable bonds is 7. The van der Waals surface area contributed by atoms with E-state index in [1.54, 1.807) is 42.5 Å². The Morgan fingerprint density at radius 2 is 1.59 bits per heavy atom. The van der Waals surface area contributed by atoms with Gasteiger partial charge in [-0.1, -0.05) is 42.5 Å². The van der Waals surface area contributed by atoms with Crippen LogP contribution in [-0.4, -0.2) is 21.0 Å². The summed E-state index contributed by atoms with van der Waals surface area (Å²) in [7, 11) is 0. The molecule has 8 heteroatoms. The lowest BCUT2D eigenvalue weighted by molar-refractivity contribution is -0.384. The number of nitro benzene ring substituents is 1. The highest BCUT2D eigenvalue weighted by Gasteiger charge is 2.34. The van der Waals surface area contributed by atoms with Gasteiger partial charge >= 0.3 is 0 Å². The first-order valence-corrected chi connectivity index (χ1v) is 10.6. The topological polar surface area (TPSA) is 89.7 Å². The van der Waals surface area contributed by atoms with Crippen LogP contribution in [0.15, 0.2) is 83.8 Å². The number of hydrogen-bond donors (Lipinski definition) is 0. The highest BCUT2D eigenvalue weighted by molar-refractivity contribution is 8.18. The van der Waals surface area contributed by atoms with Crippen molar-refractivity contribution in [2.45, 2.75) is 13.2 Å². The Labute approximate surface area is 188 Å². The first kappa shape index (κ1) is 21.3. The van der Waals surface area contributed by atoms with Crippen LogP contribution in [-0.2, 0) is 17.9 Å². The van der Waals surface area contributed by atoms with E-state index in [4.69, 9.17) is 4.74 Å². The lowest BCUT2D eigenvalue weighted by Crippen LogP contribution is -2.27. The van der Waals surface area contributed by atoms with Crippen molar-refractivity contribution in [3.05, 3.63) is 111 Å². The molecule has 1 fully saturated rings. The standard InChI is InChI=1S/C24H18N2O5S/c27-23-22(32-24(28)25(23)15-18-4-2-1-3-5-18)14-17-8-12-21(13-9-17)31-16-19-6-10-20(11-7-19)26(29)30/h1-14H,15-16H2/b22-14-. The SMILES string of the molecule is O=C1S/C(=C\c2ccc(OCc3ccc([N+](=O)[O-])cc3)cc2)C(=O)N1Cc1ccccc1. The van der Waals surface area contributed by atoms with Gasteiger partial charge < -0.3 is 4.74 Å². The van der Waals surface area contributed by atoms with Crippen molar-refractivity contribution in [1.29, 1.82) is 0 Å². The second-order valence-corrected chi connectivity index (χ2v) is 8.03. The van der Waals surface area contributed by atoms with Crippen LogP contribution in [0.25, 0.3) is 6.08 Å². The van der Waals surface area contributed by atoms with E-state index in [1.807, 2.05) is 30.3 Å². The average Bonchev–Trinajstić information content (AvgIpc) is 3.07. The number of hydrogen-bond acceptors (Lipinski definition) is 6. The van der Waals surface area contributed by atoms with Crippen molar-refractivity contribution < 1.29 is 19.2 Å². The summed E-state index contributed by atoms with van der Waals surface area (Å²) in [5, 5.41) is 10.4. The molecule has 32 heavy (non-hydrogen) atoms. The molecule has 0 spiro atoms. The Hall–Kier alpha value is -3.91. The van der Waals surface area contributed by atoms with Gasteiger partial charge in [-0.15, -0.1) is 0 Å². The molecule has 3 aromatic carbocycles. The van der Waals surface area contributed by atoms with Gasteiger partial charge in [0.2, 0.25) is 0 Å². The van der Waals surface area contributed by atoms with Crippen LogP contribution >= 0.6 is 11.8 Å². The third-order valence-electron chi connectivity index (χ3n) is 4.79. The van der Waals surface area contributed by atoms with Gasteiger partial charge in [-0.3, -0.25) is 24.6 Å². The van der Waals surface area contributed by atoms with Gasteiger partial charge in [0.1, 0.15) is 12.4 Å². The van der Waals surface area contributed by atoms with Crippen LogP contribution in [0.2, 0.25) is 0 Å². The van der Waals surface area contributed by atoms with Crippen molar-refractivity contribution in [3.8, 4) is 5.75 Å². The zero-order valence-corrected chi connectivity index (χ0v) is 17.7. The van der Waals surface area contributed by atoms with Crippen LogP contribution in [0.4, 0.5) is 10.5 Å². The number of non-ortho nitro benzene ring substituents is 1. The van der Waals surface area contributed by atoms with Crippen LogP contribution in [0, 0.1) is 10.1 Å². The number of carbonyl (C=O) groups is 2. The third kappa shape index (κ3) is 5.04. The molecular formula is C24H18N2O5S. The highest BCUT2D eigenvalue weighted by atomic mass is 32.2. The number of carbonyl (C=O) groups excluding carboxylic acids is 2. The molecule has 0 aromatic heterocycles. The second-order valence-electron chi connectivity index (χ2n) is 7.03. The molecule has 0 atom stereocenters. The second kappa shape index (κ2) is 9.49. The summed E-state index contributed by atoms with van der Waals surface area (Å²) in [6.07, 6.45) is 1.69. The fraction of sp³-hybridized carbons (Fsp3) is 0.0833. The molecule has 4 rings (SSSR count). The summed E-state index contributed by atoms with van der Waals surface area (Å²) in [6, 6.07) is 22.7. The van der Waals surface area contributed by atoms with Gasteiger partial charge in [-0.05, 0) is 58.8 Å². The molecule has 1 aliphatic rings. The fourth-order valence-electron chi connectivity index (χ4n) is 3.09. The van der Waals surface area contributed by atoms with Crippen LogP contribution in [0.5, 0.6) is 5.75 Å². The smallest absolute Gasteiger partial charge is 0.293 e. The maximum absolute atomic E-state index is 12.7. The predicted octanol–water partition coefficient (Wildman–Crippen LogP) is 5.41. The van der Waals surface area contributed by atoms with Crippen molar-refractivity contribution in [2.24, 2.45) is 0 Å². The lowest BCUT2D eigenvalue weighted by atomic mass is 10.2. The van der Waals surface area contributed by atoms with E-state index in [0.29, 0.717) is 10.7 Å². The van der Waals surface area contributed by atoms with Crippen LogP contribution in [0.1, 0.15) is 16.7 Å². The highest BCUT2D eigenvalue weighted by Crippen LogP contribution is 2.33. The summed E-state index contributed by atoms with van der Waals surface area (Å²) in [4.78, 5) is 36.8. The van der Waals surface area contributed by atoms with E-state index in [9.17, 15) is 19.7 Å². The van der Waals surface area contributed by atoms with E-state index in [0.717, 1.165) is 28.5 Å². The molecule has 0 saturated carbocycles. The molecule has 7 nitrogen and oxygen atoms in total. The van der Waals surface area contributed by atoms with E-state index < -0.39 is 4.92 Å². The molecule has 0 aliphatic carbocycles. The monoisotopic (exact) mass is 446 g/mol. The Kier molecular flexibility index (Phi) is 6.32. The van der Waals surface area contributed by atoms with E-state index in [2.05, 4.69) is 0 Å². The molecule has 0 bridgehead atoms. The first-order chi connectivity index (χ1) is 15.5. The average molecular weight is 446 g/mol. The number of imide groups is 1. The number of ether oxygens (including phenoxy) is 1. The Morgan fingerprint density at radius 3 is 2.25 bits per heavy atom. The van der Waals surface area contributed by atoms with E-state index in [1.165, 1.54) is 17.0 Å². The lowest BCUT2D eigenvalue weighted by Gasteiger charge is -2.12. The summed E-state index contributed by atoms with van der Waals surface area (Å²) in [5.74, 6) is 0.319. The largest absolute Gasteiger partial charge is 0.489 e. The summed E-state index contributed by atoms with van der Waals surface area (Å²) in [5.41, 5.74) is 2.52. The number of amides is 2. The summed E-state index contributed by atoms with van der Waals surface area (Å²) in [6.45, 7) is 0.522. The zero-order valence-electron chi connectivity index (χ0n) is 16.8. The summed E-state index contributed by atoms with van der Waals surface area (Å²) < 4.78 is 5.71. The number of thioether (sulfide) groups is 1. The van der Waals surface area contributed by atoms with E-state index in [-0.39, 0.29) is 30.0 Å². The minimum absolute atomic E-state index is 0.0336. The zero-order chi connectivity index (χ0) is 22.5. The molecule has 1 saturated heterocycles. The number of nitrogens with zero attached hydrogens (tertiary/aromatic N) is 2. The minimum Gasteiger partial charge on any atom is -0.489 e. The van der Waals surface area contributed by atoms with Crippen molar-refractivity contribution in [2.75, 3.05) is 0 Å². The van der Waals surface area contributed by atoms with Gasteiger partial charge in [0.05, 0.1) is 16.4 Å². The van der Waals surface area contributed by atoms with Crippen molar-refractivity contribution in [3.63, 3.8) is 0 Å². The maximum Gasteiger partial charge on any atom is 0.293 e. The van der Waals surface area contributed by atoms with Crippen molar-refractivity contribution >= 4 is 34.7 Å². The molecule has 0 radical (unpaired) electrons. The maximum atomic E-state index is 12.7. The Bertz CT molecular complexity index is 1180. The van der Waals surface area contributed by atoms with Crippen LogP contribution < -0.4 is 4.74 Å². The Balaban J connectivity index is 1.38. The fourth-order valence-corrected chi connectivity index (χ4v) is 3.93. The third-order valence-corrected chi connectivity index (χ3v) is 5.70. The number of benzene rings is 3. The van der Waals surface area contributed by atoms with Crippen molar-refractivity contribution in [1.82, 2.24) is 4.90 Å². The molecule has 2 amide bonds. The quantitative estimate of drug-likeness (QED) is 0.274. The summed E-state index contributed by atoms with van der Waals surface area (Å²) >= 11 is 0.930. The molecule has 0 unspecified atom stereocenters. The molecule has 1 aliphatic heterocycles. The van der Waals surface area contributed by atoms with Gasteiger partial charge in [-0.25, -0.2) is 0 Å². The normalized spacial score (nSPS) is 14.8. The molecular weight excluding hydrogens is 428 g/mol. The molecule has 3 aromatic rings. The van der Waals surface area contributed by atoms with Crippen LogP contribution in [0.3, 0.4) is 0 Å². The van der Waals surface area contributed by atoms with Gasteiger partial charge in [0.15, 0.2) is 0 Å². The first-order valence-electron chi connectivity index (χ1n) is 9.75. The van der Waals surface area contributed by atoms with E-state index >= 15 is 0 Å². The minimum atomic E-state index is -0.445. The molecule has 160 valence electrons.